The number of aliphatic hydroxyl groups excluding tert-OH is 2. The minimum Gasteiger partial charge on any atom is -0.481 e. The van der Waals surface area contributed by atoms with Gasteiger partial charge in [0.2, 0.25) is 0 Å². The van der Waals surface area contributed by atoms with Crippen LogP contribution in [0, 0.1) is 45.8 Å². The van der Waals surface area contributed by atoms with Crippen molar-refractivity contribution < 1.29 is 34.4 Å². The average molecular weight is 535 g/mol. The van der Waals surface area contributed by atoms with Crippen molar-refractivity contribution in [3.63, 3.8) is 0 Å². The number of fused-ring (bicyclic) bond motifs is 5. The standard InChI is InChI=1S/C31H50O7/c1-18(2)28(36)38-14-13-37-20-11-12-30(5)23-15-25(33)31(6)21(19(3)7-10-26(34)35)8-9-22(31)27(23)24(32)17-29(30,4)16-20/h19-25,27,32-33H,1,7-17H2,2-6H3,(H,34,35)/t19-,20+,21-,22+,23+,24-,25+,27+,29+,30-,31-/m1/s1. The molecule has 0 unspecified atom stereocenters. The van der Waals surface area contributed by atoms with Gasteiger partial charge in [-0.25, -0.2) is 4.79 Å². The summed E-state index contributed by atoms with van der Waals surface area (Å²) in [6.45, 7) is 14.9. The van der Waals surface area contributed by atoms with E-state index in [4.69, 9.17) is 9.47 Å². The lowest BCUT2D eigenvalue weighted by atomic mass is 9.39. The number of aliphatic carboxylic acids is 1. The summed E-state index contributed by atoms with van der Waals surface area (Å²) in [5.74, 6) is 0.0130. The Labute approximate surface area is 228 Å². The average Bonchev–Trinajstić information content (AvgIpc) is 3.20. The molecule has 0 aliphatic heterocycles. The summed E-state index contributed by atoms with van der Waals surface area (Å²) >= 11 is 0. The van der Waals surface area contributed by atoms with Gasteiger partial charge < -0.3 is 24.8 Å². The number of carbonyl (C=O) groups excluding carboxylic acids is 1. The molecule has 0 heterocycles. The zero-order valence-corrected chi connectivity index (χ0v) is 24.1. The summed E-state index contributed by atoms with van der Waals surface area (Å²) in [7, 11) is 0. The van der Waals surface area contributed by atoms with Crippen molar-refractivity contribution in [2.45, 2.75) is 111 Å². The second-order valence-electron chi connectivity index (χ2n) is 13.9. The first-order valence-electron chi connectivity index (χ1n) is 14.8. The highest BCUT2D eigenvalue weighted by molar-refractivity contribution is 5.86. The molecule has 38 heavy (non-hydrogen) atoms. The van der Waals surface area contributed by atoms with E-state index >= 15 is 0 Å². The van der Waals surface area contributed by atoms with Gasteiger partial charge in [0.05, 0.1) is 24.9 Å². The summed E-state index contributed by atoms with van der Waals surface area (Å²) in [6.07, 6.45) is 6.18. The largest absolute Gasteiger partial charge is 0.481 e. The molecule has 4 aliphatic rings. The maximum absolute atomic E-state index is 11.8. The van der Waals surface area contributed by atoms with E-state index in [0.717, 1.165) is 38.5 Å². The Morgan fingerprint density at radius 3 is 2.42 bits per heavy atom. The minimum absolute atomic E-state index is 0.00149. The predicted molar refractivity (Wildman–Crippen MR) is 144 cm³/mol. The molecule has 7 heteroatoms. The van der Waals surface area contributed by atoms with Crippen LogP contribution in [0.4, 0.5) is 0 Å². The van der Waals surface area contributed by atoms with Gasteiger partial charge in [-0.3, -0.25) is 4.79 Å². The summed E-state index contributed by atoms with van der Waals surface area (Å²) < 4.78 is 11.3. The number of aliphatic hydroxyl groups is 2. The van der Waals surface area contributed by atoms with Gasteiger partial charge >= 0.3 is 11.9 Å². The van der Waals surface area contributed by atoms with Crippen LogP contribution in [-0.4, -0.2) is 58.8 Å². The van der Waals surface area contributed by atoms with Crippen LogP contribution in [0.1, 0.15) is 92.4 Å². The lowest BCUT2D eigenvalue weighted by Crippen LogP contribution is -2.65. The molecular weight excluding hydrogens is 484 g/mol. The maximum atomic E-state index is 11.8. The molecule has 0 bridgehead atoms. The van der Waals surface area contributed by atoms with E-state index in [1.807, 2.05) is 0 Å². The normalized spacial score (nSPS) is 44.9. The Bertz CT molecular complexity index is 918. The SMILES string of the molecule is C=C(C)C(=O)OCCO[C@H]1CC[C@]2(C)[C@H]3C[C@H](O)[C@]4(C)[C@@H]([C@H](C)CCC(=O)O)CC[C@H]4[C@@H]3[C@H](O)C[C@]2(C)C1. The zero-order valence-electron chi connectivity index (χ0n) is 24.1. The van der Waals surface area contributed by atoms with E-state index in [9.17, 15) is 24.9 Å². The second-order valence-corrected chi connectivity index (χ2v) is 13.9. The quantitative estimate of drug-likeness (QED) is 0.217. The number of rotatable bonds is 9. The lowest BCUT2D eigenvalue weighted by molar-refractivity contribution is -0.236. The lowest BCUT2D eigenvalue weighted by Gasteiger charge is -2.67. The van der Waals surface area contributed by atoms with Gasteiger partial charge in [0.25, 0.3) is 0 Å². The zero-order chi connectivity index (χ0) is 28.0. The Kier molecular flexibility index (Phi) is 8.44. The van der Waals surface area contributed by atoms with Crippen molar-refractivity contribution >= 4 is 11.9 Å². The van der Waals surface area contributed by atoms with E-state index in [-0.39, 0.29) is 65.0 Å². The monoisotopic (exact) mass is 534 g/mol. The molecule has 0 amide bonds. The van der Waals surface area contributed by atoms with Gasteiger partial charge in [-0.2, -0.15) is 0 Å². The van der Waals surface area contributed by atoms with Crippen molar-refractivity contribution in [3.8, 4) is 0 Å². The fourth-order valence-electron chi connectivity index (χ4n) is 9.72. The van der Waals surface area contributed by atoms with E-state index in [1.54, 1.807) is 6.92 Å². The van der Waals surface area contributed by atoms with Gasteiger partial charge in [0.15, 0.2) is 0 Å². The van der Waals surface area contributed by atoms with E-state index in [0.29, 0.717) is 25.0 Å². The molecule has 4 fully saturated rings. The number of ether oxygens (including phenoxy) is 2. The van der Waals surface area contributed by atoms with Crippen molar-refractivity contribution in [2.24, 2.45) is 45.8 Å². The highest BCUT2D eigenvalue weighted by Crippen LogP contribution is 2.71. The molecule has 7 nitrogen and oxygen atoms in total. The van der Waals surface area contributed by atoms with Crippen LogP contribution in [0.25, 0.3) is 0 Å². The van der Waals surface area contributed by atoms with Crippen LogP contribution >= 0.6 is 0 Å². The van der Waals surface area contributed by atoms with Crippen molar-refractivity contribution in [1.29, 1.82) is 0 Å². The Morgan fingerprint density at radius 2 is 1.76 bits per heavy atom. The molecule has 0 aromatic rings. The van der Waals surface area contributed by atoms with Crippen LogP contribution in [0.3, 0.4) is 0 Å². The van der Waals surface area contributed by atoms with Crippen LogP contribution in [0.5, 0.6) is 0 Å². The molecule has 4 aliphatic carbocycles. The number of esters is 1. The molecule has 0 aromatic heterocycles. The third-order valence-corrected chi connectivity index (χ3v) is 12.0. The topological polar surface area (TPSA) is 113 Å². The molecule has 4 saturated carbocycles. The summed E-state index contributed by atoms with van der Waals surface area (Å²) in [4.78, 5) is 22.9. The van der Waals surface area contributed by atoms with E-state index in [1.165, 1.54) is 0 Å². The molecule has 216 valence electrons. The first-order chi connectivity index (χ1) is 17.7. The molecule has 4 rings (SSSR count). The Balaban J connectivity index is 1.47. The van der Waals surface area contributed by atoms with Gasteiger partial charge in [0.1, 0.15) is 6.61 Å². The van der Waals surface area contributed by atoms with Crippen molar-refractivity contribution in [2.75, 3.05) is 13.2 Å². The summed E-state index contributed by atoms with van der Waals surface area (Å²) in [5.41, 5.74) is -0.0132. The second kappa shape index (κ2) is 10.9. The highest BCUT2D eigenvalue weighted by Gasteiger charge is 2.68. The van der Waals surface area contributed by atoms with Crippen molar-refractivity contribution in [3.05, 3.63) is 12.2 Å². The van der Waals surface area contributed by atoms with Crippen LogP contribution in [0.2, 0.25) is 0 Å². The number of hydrogen-bond donors (Lipinski definition) is 3. The third-order valence-electron chi connectivity index (χ3n) is 12.0. The predicted octanol–water partition coefficient (Wildman–Crippen LogP) is 4.98. The van der Waals surface area contributed by atoms with Crippen molar-refractivity contribution in [1.82, 2.24) is 0 Å². The van der Waals surface area contributed by atoms with Crippen LogP contribution in [0.15, 0.2) is 12.2 Å². The molecule has 0 radical (unpaired) electrons. The highest BCUT2D eigenvalue weighted by atomic mass is 16.6. The summed E-state index contributed by atoms with van der Waals surface area (Å²) in [6, 6.07) is 0. The first-order valence-corrected chi connectivity index (χ1v) is 14.8. The molecule has 0 aromatic carbocycles. The fraction of sp³-hybridized carbons (Fsp3) is 0.871. The van der Waals surface area contributed by atoms with Gasteiger partial charge in [-0.05, 0) is 104 Å². The number of carboxylic acids is 1. The molecule has 0 saturated heterocycles. The van der Waals surface area contributed by atoms with Gasteiger partial charge in [-0.15, -0.1) is 0 Å². The van der Waals surface area contributed by atoms with Crippen LogP contribution < -0.4 is 0 Å². The Morgan fingerprint density at radius 1 is 1.05 bits per heavy atom. The minimum atomic E-state index is -0.761. The van der Waals surface area contributed by atoms with Crippen LogP contribution in [-0.2, 0) is 19.1 Å². The molecule has 11 atom stereocenters. The first kappa shape index (κ1) is 29.5. The molecule has 0 spiro atoms. The van der Waals surface area contributed by atoms with Gasteiger partial charge in [0, 0.05) is 12.0 Å². The maximum Gasteiger partial charge on any atom is 0.333 e. The van der Waals surface area contributed by atoms with E-state index < -0.39 is 24.1 Å². The number of carbonyl (C=O) groups is 2. The molecule has 3 N–H and O–H groups in total. The third kappa shape index (κ3) is 4.96. The van der Waals surface area contributed by atoms with Gasteiger partial charge in [-0.1, -0.05) is 34.3 Å². The number of carboxylic acid groups (broad SMARTS) is 1. The molecular formula is C31H50O7. The Hall–Kier alpha value is -1.44. The number of hydrogen-bond acceptors (Lipinski definition) is 6. The fourth-order valence-corrected chi connectivity index (χ4v) is 9.72. The summed E-state index contributed by atoms with van der Waals surface area (Å²) in [5, 5.41) is 32.7. The smallest absolute Gasteiger partial charge is 0.333 e. The van der Waals surface area contributed by atoms with E-state index in [2.05, 4.69) is 34.3 Å².